The van der Waals surface area contributed by atoms with Gasteiger partial charge in [0.2, 0.25) is 10.0 Å². The number of nitrogens with zero attached hydrogens (tertiary/aromatic N) is 1. The molecule has 1 aromatic carbocycles. The molecule has 0 fully saturated rings. The fraction of sp³-hybridized carbons (Fsp3) is 0.250. The van der Waals surface area contributed by atoms with Gasteiger partial charge in [-0.1, -0.05) is 23.2 Å². The highest BCUT2D eigenvalue weighted by Crippen LogP contribution is 2.28. The summed E-state index contributed by atoms with van der Waals surface area (Å²) in [6.45, 7) is 0.566. The zero-order valence-corrected chi connectivity index (χ0v) is 14.2. The topological polar surface area (TPSA) is 71.1 Å². The Hall–Kier alpha value is -0.700. The molecule has 2 aromatic rings. The first-order valence-electron chi connectivity index (χ1n) is 5.93. The van der Waals surface area contributed by atoms with E-state index in [1.54, 1.807) is 17.9 Å². The van der Waals surface area contributed by atoms with Crippen molar-refractivity contribution in [3.63, 3.8) is 0 Å². The molecule has 0 atom stereocenters. The van der Waals surface area contributed by atoms with Crippen LogP contribution in [0.2, 0.25) is 10.0 Å². The van der Waals surface area contributed by atoms with Gasteiger partial charge in [-0.15, -0.1) is 11.3 Å². The van der Waals surface area contributed by atoms with Gasteiger partial charge in [0, 0.05) is 16.9 Å². The van der Waals surface area contributed by atoms with Crippen molar-refractivity contribution in [1.29, 1.82) is 0 Å². The summed E-state index contributed by atoms with van der Waals surface area (Å²) < 4.78 is 27.1. The van der Waals surface area contributed by atoms with E-state index in [0.717, 1.165) is 0 Å². The first-order chi connectivity index (χ1) is 9.94. The van der Waals surface area contributed by atoms with Gasteiger partial charge in [-0.3, -0.25) is 0 Å². The van der Waals surface area contributed by atoms with E-state index in [2.05, 4.69) is 15.0 Å². The van der Waals surface area contributed by atoms with E-state index < -0.39 is 10.0 Å². The molecule has 1 heterocycles. The van der Waals surface area contributed by atoms with E-state index in [1.807, 2.05) is 0 Å². The van der Waals surface area contributed by atoms with E-state index in [-0.39, 0.29) is 16.5 Å². The van der Waals surface area contributed by atoms with E-state index in [1.165, 1.54) is 23.5 Å². The van der Waals surface area contributed by atoms with E-state index in [4.69, 9.17) is 23.2 Å². The molecular formula is C12H13Cl2N3O2S2. The molecule has 2 rings (SSSR count). The van der Waals surface area contributed by atoms with Crippen molar-refractivity contribution >= 4 is 44.6 Å². The summed E-state index contributed by atoms with van der Waals surface area (Å²) in [6, 6.07) is 2.91. The van der Waals surface area contributed by atoms with Crippen LogP contribution in [-0.2, 0) is 23.1 Å². The third-order valence-electron chi connectivity index (χ3n) is 2.68. The molecule has 0 aliphatic carbocycles. The van der Waals surface area contributed by atoms with Crippen molar-refractivity contribution in [2.75, 3.05) is 7.05 Å². The summed E-state index contributed by atoms with van der Waals surface area (Å²) in [7, 11) is -1.98. The number of thiazole rings is 1. The molecule has 0 radical (unpaired) electrons. The summed E-state index contributed by atoms with van der Waals surface area (Å²) >= 11 is 13.5. The molecule has 5 nitrogen and oxygen atoms in total. The van der Waals surface area contributed by atoms with Crippen LogP contribution in [-0.4, -0.2) is 20.4 Å². The van der Waals surface area contributed by atoms with Crippen LogP contribution in [0.25, 0.3) is 0 Å². The Kier molecular flexibility index (Phi) is 5.59. The molecule has 2 N–H and O–H groups in total. The molecule has 0 saturated heterocycles. The molecule has 0 amide bonds. The van der Waals surface area contributed by atoms with Crippen molar-refractivity contribution in [1.82, 2.24) is 15.0 Å². The molecule has 114 valence electrons. The molecule has 0 saturated carbocycles. The molecule has 21 heavy (non-hydrogen) atoms. The molecule has 0 aliphatic heterocycles. The van der Waals surface area contributed by atoms with Crippen LogP contribution in [0, 0.1) is 0 Å². The second-order valence-corrected chi connectivity index (χ2v) is 7.48. The average molecular weight is 366 g/mol. The first kappa shape index (κ1) is 16.7. The van der Waals surface area contributed by atoms with Gasteiger partial charge >= 0.3 is 0 Å². The maximum atomic E-state index is 12.3. The zero-order valence-electron chi connectivity index (χ0n) is 11.1. The Bertz CT molecular complexity index is 718. The molecule has 1 aromatic heterocycles. The number of hydrogen-bond acceptors (Lipinski definition) is 5. The van der Waals surface area contributed by atoms with Crippen LogP contribution in [0.15, 0.2) is 27.9 Å². The number of nitrogens with one attached hydrogen (secondary N) is 2. The van der Waals surface area contributed by atoms with Crippen molar-refractivity contribution in [2.24, 2.45) is 0 Å². The third kappa shape index (κ3) is 4.15. The smallest absolute Gasteiger partial charge is 0.242 e. The number of sulfonamides is 1. The van der Waals surface area contributed by atoms with Crippen LogP contribution in [0.3, 0.4) is 0 Å². The van der Waals surface area contributed by atoms with Gasteiger partial charge in [0.05, 0.1) is 22.8 Å². The van der Waals surface area contributed by atoms with Crippen LogP contribution in [0.4, 0.5) is 0 Å². The highest BCUT2D eigenvalue weighted by atomic mass is 35.5. The Morgan fingerprint density at radius 3 is 2.62 bits per heavy atom. The second kappa shape index (κ2) is 7.04. The van der Waals surface area contributed by atoms with Gasteiger partial charge in [-0.05, 0) is 24.7 Å². The minimum Gasteiger partial charge on any atom is -0.316 e. The minimum atomic E-state index is -3.73. The lowest BCUT2D eigenvalue weighted by Crippen LogP contribution is -2.24. The minimum absolute atomic E-state index is 0.00838. The number of halogens is 2. The monoisotopic (exact) mass is 365 g/mol. The molecule has 0 spiro atoms. The largest absolute Gasteiger partial charge is 0.316 e. The Balaban J connectivity index is 2.28. The third-order valence-corrected chi connectivity index (χ3v) is 5.54. The van der Waals surface area contributed by atoms with Crippen molar-refractivity contribution < 1.29 is 8.42 Å². The predicted molar refractivity (Wildman–Crippen MR) is 85.4 cm³/mol. The van der Waals surface area contributed by atoms with Gasteiger partial charge in [-0.25, -0.2) is 18.1 Å². The van der Waals surface area contributed by atoms with E-state index in [0.29, 0.717) is 22.8 Å². The number of hydrogen-bond donors (Lipinski definition) is 2. The standard InChI is InChI=1S/C12H13Cl2N3O2S2/c1-15-4-8-2-12(11(14)3-10(8)13)21(18,19)17-5-9-6-20-7-16-9/h2-3,6-7,15,17H,4-5H2,1H3. The molecule has 0 bridgehead atoms. The quantitative estimate of drug-likeness (QED) is 0.825. The summed E-state index contributed by atoms with van der Waals surface area (Å²) in [5, 5.41) is 5.21. The number of aromatic nitrogens is 1. The predicted octanol–water partition coefficient (Wildman–Crippen LogP) is 2.65. The van der Waals surface area contributed by atoms with Crippen molar-refractivity contribution in [2.45, 2.75) is 18.0 Å². The van der Waals surface area contributed by atoms with Crippen molar-refractivity contribution in [3.8, 4) is 0 Å². The van der Waals surface area contributed by atoms with Crippen LogP contribution >= 0.6 is 34.5 Å². The lowest BCUT2D eigenvalue weighted by atomic mass is 10.2. The van der Waals surface area contributed by atoms with Gasteiger partial charge < -0.3 is 5.32 Å². The van der Waals surface area contributed by atoms with E-state index in [9.17, 15) is 8.42 Å². The van der Waals surface area contributed by atoms with Crippen molar-refractivity contribution in [3.05, 3.63) is 44.3 Å². The summed E-state index contributed by atoms with van der Waals surface area (Å²) in [5.41, 5.74) is 2.96. The summed E-state index contributed by atoms with van der Waals surface area (Å²) in [5.74, 6) is 0. The average Bonchev–Trinajstić information content (AvgIpc) is 2.93. The van der Waals surface area contributed by atoms with Crippen LogP contribution in [0.1, 0.15) is 11.3 Å². The van der Waals surface area contributed by atoms with Gasteiger partial charge in [0.15, 0.2) is 0 Å². The number of benzene rings is 1. The zero-order chi connectivity index (χ0) is 15.5. The fourth-order valence-electron chi connectivity index (χ4n) is 1.67. The summed E-state index contributed by atoms with van der Waals surface area (Å²) in [6.07, 6.45) is 0. The normalized spacial score (nSPS) is 11.8. The molecule has 9 heteroatoms. The van der Waals surface area contributed by atoms with Gasteiger partial charge in [0.25, 0.3) is 0 Å². The van der Waals surface area contributed by atoms with Gasteiger partial charge in [-0.2, -0.15) is 0 Å². The lowest BCUT2D eigenvalue weighted by molar-refractivity contribution is 0.580. The molecule has 0 aliphatic rings. The maximum absolute atomic E-state index is 12.3. The fourth-order valence-corrected chi connectivity index (χ4v) is 4.09. The highest BCUT2D eigenvalue weighted by Gasteiger charge is 2.20. The molecular weight excluding hydrogens is 353 g/mol. The summed E-state index contributed by atoms with van der Waals surface area (Å²) in [4.78, 5) is 4.03. The Morgan fingerprint density at radius 1 is 1.24 bits per heavy atom. The van der Waals surface area contributed by atoms with Crippen LogP contribution in [0.5, 0.6) is 0 Å². The van der Waals surface area contributed by atoms with Gasteiger partial charge in [0.1, 0.15) is 4.90 Å². The van der Waals surface area contributed by atoms with Crippen LogP contribution < -0.4 is 10.0 Å². The second-order valence-electron chi connectivity index (χ2n) is 4.21. The van der Waals surface area contributed by atoms with E-state index >= 15 is 0 Å². The number of rotatable bonds is 6. The molecule has 0 unspecified atom stereocenters. The highest BCUT2D eigenvalue weighted by molar-refractivity contribution is 7.89. The Morgan fingerprint density at radius 2 is 2.00 bits per heavy atom. The Labute approximate surface area is 137 Å². The maximum Gasteiger partial charge on any atom is 0.242 e. The lowest BCUT2D eigenvalue weighted by Gasteiger charge is -2.11. The first-order valence-corrected chi connectivity index (χ1v) is 9.11. The SMILES string of the molecule is CNCc1cc(S(=O)(=O)NCc2cscn2)c(Cl)cc1Cl.